The van der Waals surface area contributed by atoms with Gasteiger partial charge in [0.2, 0.25) is 0 Å². The number of carboxylic acids is 2. The second-order valence-electron chi connectivity index (χ2n) is 3.16. The second kappa shape index (κ2) is 4.79. The summed E-state index contributed by atoms with van der Waals surface area (Å²) in [5, 5.41) is 17.9. The molecule has 2 N–H and O–H groups in total. The average Bonchev–Trinajstić information content (AvgIpc) is 2.26. The van der Waals surface area contributed by atoms with E-state index in [0.717, 1.165) is 7.11 Å². The van der Waals surface area contributed by atoms with Crippen molar-refractivity contribution in [3.05, 3.63) is 0 Å². The van der Waals surface area contributed by atoms with Crippen molar-refractivity contribution >= 4 is 18.0 Å². The number of aliphatic carboxylic acids is 2. The highest BCUT2D eigenvalue weighted by atomic mass is 16.7. The van der Waals surface area contributed by atoms with Crippen LogP contribution in [0.3, 0.4) is 0 Å². The molecule has 16 heavy (non-hydrogen) atoms. The molecule has 0 aliphatic carbocycles. The first-order chi connectivity index (χ1) is 7.47. The predicted octanol–water partition coefficient (Wildman–Crippen LogP) is -0.313. The molecule has 0 spiro atoms. The lowest BCUT2D eigenvalue weighted by Crippen LogP contribution is -2.52. The zero-order valence-electron chi connectivity index (χ0n) is 8.45. The van der Waals surface area contributed by atoms with Crippen LogP contribution in [0.5, 0.6) is 0 Å². The SMILES string of the molecule is COC(=O)N1OC(C(=O)O)CCC1C(=O)O. The molecule has 1 amide bonds. The van der Waals surface area contributed by atoms with E-state index >= 15 is 0 Å². The van der Waals surface area contributed by atoms with E-state index in [9.17, 15) is 14.4 Å². The van der Waals surface area contributed by atoms with Gasteiger partial charge in [-0.15, -0.1) is 0 Å². The molecule has 0 aromatic rings. The summed E-state index contributed by atoms with van der Waals surface area (Å²) in [5.41, 5.74) is 0. The molecule has 2 atom stereocenters. The van der Waals surface area contributed by atoms with Crippen molar-refractivity contribution in [1.82, 2.24) is 5.06 Å². The topological polar surface area (TPSA) is 113 Å². The Morgan fingerprint density at radius 2 is 1.88 bits per heavy atom. The summed E-state index contributed by atoms with van der Waals surface area (Å²) >= 11 is 0. The van der Waals surface area contributed by atoms with Gasteiger partial charge in [-0.3, -0.25) is 4.84 Å². The summed E-state index contributed by atoms with van der Waals surface area (Å²) in [4.78, 5) is 37.3. The molecule has 1 saturated heterocycles. The Kier molecular flexibility index (Phi) is 3.67. The summed E-state index contributed by atoms with van der Waals surface area (Å²) in [6.07, 6.45) is -2.23. The molecule has 8 heteroatoms. The van der Waals surface area contributed by atoms with Crippen molar-refractivity contribution < 1.29 is 34.2 Å². The van der Waals surface area contributed by atoms with E-state index in [0.29, 0.717) is 5.06 Å². The Morgan fingerprint density at radius 3 is 2.31 bits per heavy atom. The monoisotopic (exact) mass is 233 g/mol. The fourth-order valence-electron chi connectivity index (χ4n) is 1.34. The normalized spacial score (nSPS) is 24.9. The van der Waals surface area contributed by atoms with Gasteiger partial charge in [0.1, 0.15) is 0 Å². The van der Waals surface area contributed by atoms with Crippen LogP contribution in [0.4, 0.5) is 4.79 Å². The lowest BCUT2D eigenvalue weighted by atomic mass is 10.1. The highest BCUT2D eigenvalue weighted by Gasteiger charge is 2.40. The molecule has 2 unspecified atom stereocenters. The Bertz CT molecular complexity index is 316. The van der Waals surface area contributed by atoms with Gasteiger partial charge >= 0.3 is 18.0 Å². The maximum absolute atomic E-state index is 11.2. The average molecular weight is 233 g/mol. The van der Waals surface area contributed by atoms with Crippen molar-refractivity contribution in [1.29, 1.82) is 0 Å². The van der Waals surface area contributed by atoms with E-state index in [2.05, 4.69) is 4.74 Å². The Balaban J connectivity index is 2.81. The number of hydrogen-bond acceptors (Lipinski definition) is 5. The van der Waals surface area contributed by atoms with Gasteiger partial charge in [-0.2, -0.15) is 5.06 Å². The number of rotatable bonds is 2. The number of carbonyl (C=O) groups excluding carboxylic acids is 1. The smallest absolute Gasteiger partial charge is 0.434 e. The summed E-state index contributed by atoms with van der Waals surface area (Å²) in [6, 6.07) is -1.22. The molecule has 0 radical (unpaired) electrons. The van der Waals surface area contributed by atoms with Crippen LogP contribution in [-0.4, -0.2) is 52.6 Å². The predicted molar refractivity (Wildman–Crippen MR) is 47.4 cm³/mol. The summed E-state index contributed by atoms with van der Waals surface area (Å²) in [7, 11) is 1.05. The van der Waals surface area contributed by atoms with Crippen LogP contribution in [0.1, 0.15) is 12.8 Å². The minimum absolute atomic E-state index is 0.00139. The van der Waals surface area contributed by atoms with Gasteiger partial charge in [-0.1, -0.05) is 0 Å². The lowest BCUT2D eigenvalue weighted by molar-refractivity contribution is -0.231. The largest absolute Gasteiger partial charge is 0.480 e. The lowest BCUT2D eigenvalue weighted by Gasteiger charge is -2.33. The van der Waals surface area contributed by atoms with Crippen LogP contribution in [0.2, 0.25) is 0 Å². The third-order valence-electron chi connectivity index (χ3n) is 2.14. The molecular weight excluding hydrogens is 222 g/mol. The number of amides is 1. The molecule has 0 bridgehead atoms. The fourth-order valence-corrected chi connectivity index (χ4v) is 1.34. The standard InChI is InChI=1S/C8H11NO7/c1-15-8(14)9-4(6(10)11)2-3-5(16-9)7(12)13/h4-5H,2-3H2,1H3,(H,10,11)(H,12,13). The number of ether oxygens (including phenoxy) is 1. The van der Waals surface area contributed by atoms with Crippen LogP contribution in [0.15, 0.2) is 0 Å². The Morgan fingerprint density at radius 1 is 1.25 bits per heavy atom. The van der Waals surface area contributed by atoms with Crippen LogP contribution in [-0.2, 0) is 19.2 Å². The van der Waals surface area contributed by atoms with E-state index in [1.807, 2.05) is 0 Å². The van der Waals surface area contributed by atoms with Crippen LogP contribution >= 0.6 is 0 Å². The molecule has 8 nitrogen and oxygen atoms in total. The van der Waals surface area contributed by atoms with Gasteiger partial charge in [0, 0.05) is 0 Å². The van der Waals surface area contributed by atoms with Crippen LogP contribution < -0.4 is 0 Å². The summed E-state index contributed by atoms with van der Waals surface area (Å²) in [6.45, 7) is 0. The molecule has 1 fully saturated rings. The van der Waals surface area contributed by atoms with Crippen molar-refractivity contribution in [3.63, 3.8) is 0 Å². The first-order valence-electron chi connectivity index (χ1n) is 4.47. The third-order valence-corrected chi connectivity index (χ3v) is 2.14. The number of nitrogens with zero attached hydrogens (tertiary/aromatic N) is 1. The molecule has 0 aromatic heterocycles. The first-order valence-corrected chi connectivity index (χ1v) is 4.47. The molecule has 0 aromatic carbocycles. The van der Waals surface area contributed by atoms with Gasteiger partial charge in [0.05, 0.1) is 7.11 Å². The first kappa shape index (κ1) is 12.2. The third kappa shape index (κ3) is 2.40. The Labute approximate surface area is 90.3 Å². The number of hydroxylamine groups is 2. The van der Waals surface area contributed by atoms with Crippen molar-refractivity contribution in [2.24, 2.45) is 0 Å². The van der Waals surface area contributed by atoms with Crippen LogP contribution in [0.25, 0.3) is 0 Å². The molecule has 0 saturated carbocycles. The van der Waals surface area contributed by atoms with Crippen molar-refractivity contribution in [2.45, 2.75) is 25.0 Å². The number of hydrogen-bond donors (Lipinski definition) is 2. The van der Waals surface area contributed by atoms with E-state index in [-0.39, 0.29) is 12.8 Å². The number of methoxy groups -OCH3 is 1. The zero-order valence-corrected chi connectivity index (χ0v) is 8.45. The summed E-state index contributed by atoms with van der Waals surface area (Å²) in [5.74, 6) is -2.52. The van der Waals surface area contributed by atoms with Crippen molar-refractivity contribution in [3.8, 4) is 0 Å². The minimum Gasteiger partial charge on any atom is -0.480 e. The molecular formula is C8H11NO7. The maximum atomic E-state index is 11.2. The number of carbonyl (C=O) groups is 3. The molecule has 1 aliphatic rings. The highest BCUT2D eigenvalue weighted by molar-refractivity contribution is 5.80. The zero-order chi connectivity index (χ0) is 12.3. The minimum atomic E-state index is -1.27. The summed E-state index contributed by atoms with van der Waals surface area (Å²) < 4.78 is 4.30. The Hall–Kier alpha value is -1.83. The molecule has 1 heterocycles. The van der Waals surface area contributed by atoms with E-state index in [4.69, 9.17) is 15.1 Å². The van der Waals surface area contributed by atoms with E-state index < -0.39 is 30.2 Å². The molecule has 1 rings (SSSR count). The molecule has 90 valence electrons. The van der Waals surface area contributed by atoms with Crippen molar-refractivity contribution in [2.75, 3.05) is 7.11 Å². The van der Waals surface area contributed by atoms with E-state index in [1.165, 1.54) is 0 Å². The van der Waals surface area contributed by atoms with Gasteiger partial charge < -0.3 is 14.9 Å². The highest BCUT2D eigenvalue weighted by Crippen LogP contribution is 2.21. The van der Waals surface area contributed by atoms with E-state index in [1.54, 1.807) is 0 Å². The maximum Gasteiger partial charge on any atom is 0.434 e. The van der Waals surface area contributed by atoms with Gasteiger partial charge in [-0.25, -0.2) is 14.4 Å². The second-order valence-corrected chi connectivity index (χ2v) is 3.16. The molecule has 1 aliphatic heterocycles. The number of carboxylic acid groups (broad SMARTS) is 2. The van der Waals surface area contributed by atoms with Gasteiger partial charge in [-0.05, 0) is 12.8 Å². The van der Waals surface area contributed by atoms with Gasteiger partial charge in [0.25, 0.3) is 0 Å². The fraction of sp³-hybridized carbons (Fsp3) is 0.625. The van der Waals surface area contributed by atoms with Crippen LogP contribution in [0, 0.1) is 0 Å². The quantitative estimate of drug-likeness (QED) is 0.672. The van der Waals surface area contributed by atoms with Gasteiger partial charge in [0.15, 0.2) is 12.1 Å².